The lowest BCUT2D eigenvalue weighted by molar-refractivity contribution is 0.111. The van der Waals surface area contributed by atoms with Crippen molar-refractivity contribution in [2.24, 2.45) is 0 Å². The molecule has 0 radical (unpaired) electrons. The molecule has 1 N–H and O–H groups in total. The number of aldehydes is 1. The molecular weight excluding hydrogens is 199 g/mol. The van der Waals surface area contributed by atoms with Gasteiger partial charge < -0.3 is 9.84 Å². The molecule has 0 saturated carbocycles. The van der Waals surface area contributed by atoms with Gasteiger partial charge in [-0.05, 0) is 19.1 Å². The summed E-state index contributed by atoms with van der Waals surface area (Å²) in [6.45, 7) is 1.80. The molecule has 0 heterocycles. The molecule has 1 unspecified atom stereocenters. The second kappa shape index (κ2) is 5.46. The van der Waals surface area contributed by atoms with Crippen LogP contribution in [0, 0.1) is 5.82 Å². The van der Waals surface area contributed by atoms with Crippen molar-refractivity contribution in [3.63, 3.8) is 0 Å². The number of halogens is 1. The number of aliphatic hydroxyl groups excluding tert-OH is 1. The van der Waals surface area contributed by atoms with Crippen molar-refractivity contribution in [2.45, 2.75) is 19.4 Å². The average molecular weight is 212 g/mol. The summed E-state index contributed by atoms with van der Waals surface area (Å²) in [5, 5.41) is 8.98. The van der Waals surface area contributed by atoms with Gasteiger partial charge in [0, 0.05) is 6.42 Å². The van der Waals surface area contributed by atoms with E-state index in [2.05, 4.69) is 0 Å². The van der Waals surface area contributed by atoms with Crippen LogP contribution in [0.2, 0.25) is 0 Å². The number of rotatable bonds is 5. The van der Waals surface area contributed by atoms with Crippen LogP contribution >= 0.6 is 0 Å². The highest BCUT2D eigenvalue weighted by molar-refractivity contribution is 5.79. The van der Waals surface area contributed by atoms with Gasteiger partial charge in [-0.1, -0.05) is 6.07 Å². The number of hydrogen-bond acceptors (Lipinski definition) is 3. The number of carbonyl (C=O) groups excluding carboxylic acids is 1. The zero-order valence-electron chi connectivity index (χ0n) is 8.44. The van der Waals surface area contributed by atoms with E-state index in [1.807, 2.05) is 0 Å². The van der Waals surface area contributed by atoms with Crippen molar-refractivity contribution < 1.29 is 19.0 Å². The molecule has 0 aliphatic carbocycles. The molecular formula is C11H13FO3. The molecule has 0 spiro atoms. The third-order valence-electron chi connectivity index (χ3n) is 1.91. The number of carbonyl (C=O) groups is 1. The largest absolute Gasteiger partial charge is 0.490 e. The Balaban J connectivity index is 2.70. The van der Waals surface area contributed by atoms with Gasteiger partial charge >= 0.3 is 0 Å². The van der Waals surface area contributed by atoms with Crippen molar-refractivity contribution in [1.29, 1.82) is 0 Å². The van der Waals surface area contributed by atoms with E-state index in [-0.39, 0.29) is 17.9 Å². The van der Waals surface area contributed by atoms with E-state index in [1.165, 1.54) is 18.2 Å². The summed E-state index contributed by atoms with van der Waals surface area (Å²) in [6.07, 6.45) is 0.435. The Bertz CT molecular complexity index is 337. The Hall–Kier alpha value is -1.42. The minimum Gasteiger partial charge on any atom is -0.490 e. The van der Waals surface area contributed by atoms with Crippen LogP contribution < -0.4 is 4.74 Å². The molecule has 1 rings (SSSR count). The smallest absolute Gasteiger partial charge is 0.165 e. The molecule has 1 atom stereocenters. The van der Waals surface area contributed by atoms with E-state index in [0.29, 0.717) is 12.7 Å². The molecule has 1 aromatic carbocycles. The Kier molecular flexibility index (Phi) is 4.24. The van der Waals surface area contributed by atoms with Crippen LogP contribution in [0.15, 0.2) is 18.2 Å². The van der Waals surface area contributed by atoms with E-state index in [9.17, 15) is 9.18 Å². The van der Waals surface area contributed by atoms with Crippen molar-refractivity contribution in [3.05, 3.63) is 29.6 Å². The summed E-state index contributed by atoms with van der Waals surface area (Å²) in [5.74, 6) is -0.613. The minimum atomic E-state index is -0.565. The van der Waals surface area contributed by atoms with Gasteiger partial charge in [0.2, 0.25) is 0 Å². The van der Waals surface area contributed by atoms with E-state index in [4.69, 9.17) is 9.84 Å². The molecule has 82 valence electrons. The van der Waals surface area contributed by atoms with Crippen LogP contribution in [0.25, 0.3) is 0 Å². The fourth-order valence-corrected chi connectivity index (χ4v) is 1.10. The highest BCUT2D eigenvalue weighted by atomic mass is 19.1. The van der Waals surface area contributed by atoms with Crippen molar-refractivity contribution in [2.75, 3.05) is 6.61 Å². The maximum Gasteiger partial charge on any atom is 0.165 e. The van der Waals surface area contributed by atoms with E-state index >= 15 is 0 Å². The number of benzene rings is 1. The van der Waals surface area contributed by atoms with E-state index in [0.717, 1.165) is 0 Å². The zero-order chi connectivity index (χ0) is 11.3. The maximum absolute atomic E-state index is 13.2. The SMILES string of the molecule is CC(O)CCOc1c(F)cccc1C=O. The number of ether oxygens (including phenoxy) is 1. The third kappa shape index (κ3) is 3.32. The fourth-order valence-electron chi connectivity index (χ4n) is 1.10. The van der Waals surface area contributed by atoms with Crippen LogP contribution in [0.4, 0.5) is 4.39 Å². The Morgan fingerprint density at radius 3 is 2.93 bits per heavy atom. The average Bonchev–Trinajstić information content (AvgIpc) is 2.20. The Morgan fingerprint density at radius 1 is 1.60 bits per heavy atom. The van der Waals surface area contributed by atoms with Crippen molar-refractivity contribution >= 4 is 6.29 Å². The second-order valence-electron chi connectivity index (χ2n) is 3.26. The van der Waals surface area contributed by atoms with Crippen LogP contribution in [0.1, 0.15) is 23.7 Å². The molecule has 0 aliphatic heterocycles. The third-order valence-corrected chi connectivity index (χ3v) is 1.91. The quantitative estimate of drug-likeness (QED) is 0.757. The van der Waals surface area contributed by atoms with Gasteiger partial charge in [-0.3, -0.25) is 4.79 Å². The molecule has 0 aromatic heterocycles. The van der Waals surface area contributed by atoms with Crippen LogP contribution in [0.3, 0.4) is 0 Å². The first kappa shape index (κ1) is 11.7. The molecule has 0 aliphatic rings. The van der Waals surface area contributed by atoms with Gasteiger partial charge in [-0.15, -0.1) is 0 Å². The van der Waals surface area contributed by atoms with Gasteiger partial charge in [-0.25, -0.2) is 4.39 Å². The summed E-state index contributed by atoms with van der Waals surface area (Å²) in [7, 11) is 0. The predicted molar refractivity (Wildman–Crippen MR) is 53.6 cm³/mol. The predicted octanol–water partition coefficient (Wildman–Crippen LogP) is 1.79. The van der Waals surface area contributed by atoms with Crippen molar-refractivity contribution in [3.8, 4) is 5.75 Å². The van der Waals surface area contributed by atoms with Gasteiger partial charge in [0.25, 0.3) is 0 Å². The lowest BCUT2D eigenvalue weighted by atomic mass is 10.2. The highest BCUT2D eigenvalue weighted by Crippen LogP contribution is 2.21. The fraction of sp³-hybridized carbons (Fsp3) is 0.364. The molecule has 1 aromatic rings. The standard InChI is InChI=1S/C11H13FO3/c1-8(14)5-6-15-11-9(7-13)3-2-4-10(11)12/h2-4,7-8,14H,5-6H2,1H3. The maximum atomic E-state index is 13.2. The summed E-state index contributed by atoms with van der Waals surface area (Å²) in [4.78, 5) is 10.6. The van der Waals surface area contributed by atoms with Crippen LogP contribution in [-0.2, 0) is 0 Å². The molecule has 0 amide bonds. The monoisotopic (exact) mass is 212 g/mol. The highest BCUT2D eigenvalue weighted by Gasteiger charge is 2.09. The number of para-hydroxylation sites is 1. The van der Waals surface area contributed by atoms with E-state index in [1.54, 1.807) is 6.92 Å². The van der Waals surface area contributed by atoms with Gasteiger partial charge in [-0.2, -0.15) is 0 Å². The normalized spacial score (nSPS) is 12.2. The molecule has 3 nitrogen and oxygen atoms in total. The summed E-state index contributed by atoms with van der Waals surface area (Å²) in [6, 6.07) is 4.15. The van der Waals surface area contributed by atoms with Crippen molar-refractivity contribution in [1.82, 2.24) is 0 Å². The first-order valence-corrected chi connectivity index (χ1v) is 4.69. The summed E-state index contributed by atoms with van der Waals surface area (Å²) >= 11 is 0. The van der Waals surface area contributed by atoms with Crippen LogP contribution in [0.5, 0.6) is 5.75 Å². The molecule has 0 bridgehead atoms. The Morgan fingerprint density at radius 2 is 2.33 bits per heavy atom. The lowest BCUT2D eigenvalue weighted by Gasteiger charge is -2.10. The summed E-state index contributed by atoms with van der Waals surface area (Å²) < 4.78 is 18.3. The van der Waals surface area contributed by atoms with E-state index < -0.39 is 11.9 Å². The number of aliphatic hydroxyl groups is 1. The first-order valence-electron chi connectivity index (χ1n) is 4.69. The lowest BCUT2D eigenvalue weighted by Crippen LogP contribution is -2.09. The van der Waals surface area contributed by atoms with Gasteiger partial charge in [0.1, 0.15) is 0 Å². The summed E-state index contributed by atoms with van der Waals surface area (Å²) in [5.41, 5.74) is 0.181. The Labute approximate surface area is 87.5 Å². The van der Waals surface area contributed by atoms with Gasteiger partial charge in [0.05, 0.1) is 18.3 Å². The molecule has 4 heteroatoms. The first-order chi connectivity index (χ1) is 7.15. The van der Waals surface area contributed by atoms with Gasteiger partial charge in [0.15, 0.2) is 17.9 Å². The second-order valence-corrected chi connectivity index (χ2v) is 3.26. The van der Waals surface area contributed by atoms with Crippen LogP contribution in [-0.4, -0.2) is 24.1 Å². The molecule has 0 fully saturated rings. The topological polar surface area (TPSA) is 46.5 Å². The number of hydrogen-bond donors (Lipinski definition) is 1. The minimum absolute atomic E-state index is 0.0480. The molecule has 0 saturated heterocycles. The zero-order valence-corrected chi connectivity index (χ0v) is 8.44. The molecule has 15 heavy (non-hydrogen) atoms.